The van der Waals surface area contributed by atoms with Gasteiger partial charge in [0, 0.05) is 11.4 Å². The second kappa shape index (κ2) is 5.74. The van der Waals surface area contributed by atoms with E-state index < -0.39 is 11.9 Å². The summed E-state index contributed by atoms with van der Waals surface area (Å²) in [6, 6.07) is 6.93. The van der Waals surface area contributed by atoms with Gasteiger partial charge in [-0.1, -0.05) is 18.2 Å². The number of primary amides is 1. The van der Waals surface area contributed by atoms with E-state index in [2.05, 4.69) is 10.2 Å². The first-order valence-electron chi connectivity index (χ1n) is 6.45. The van der Waals surface area contributed by atoms with Crippen molar-refractivity contribution in [2.45, 2.75) is 19.9 Å². The van der Waals surface area contributed by atoms with Gasteiger partial charge in [0.2, 0.25) is 5.91 Å². The van der Waals surface area contributed by atoms with Crippen LogP contribution in [0.25, 0.3) is 10.9 Å². The molecule has 0 fully saturated rings. The first-order chi connectivity index (χ1) is 9.91. The quantitative estimate of drug-likeness (QED) is 0.850. The molecule has 0 spiro atoms. The Bertz CT molecular complexity index is 700. The molecule has 1 aromatic heterocycles. The number of rotatable bonds is 5. The van der Waals surface area contributed by atoms with Crippen molar-refractivity contribution < 1.29 is 14.7 Å². The zero-order chi connectivity index (χ0) is 15.6. The molecule has 0 radical (unpaired) electrons. The monoisotopic (exact) mass is 288 g/mol. The van der Waals surface area contributed by atoms with E-state index in [1.165, 1.54) is 0 Å². The Balaban J connectivity index is 2.75. The van der Waals surface area contributed by atoms with Crippen LogP contribution >= 0.6 is 0 Å². The summed E-state index contributed by atoms with van der Waals surface area (Å²) in [6.07, 6.45) is 0. The number of fused-ring (bicyclic) bond motifs is 1. The molecule has 0 unspecified atom stereocenters. The Morgan fingerprint density at radius 3 is 2.52 bits per heavy atom. The molecule has 1 aromatic carbocycles. The van der Waals surface area contributed by atoms with Crippen LogP contribution in [0.3, 0.4) is 0 Å². The third-order valence-corrected chi connectivity index (χ3v) is 3.08. The normalized spacial score (nSPS) is 10.8. The number of aromatic carboxylic acids is 1. The molecule has 2 aromatic rings. The maximum atomic E-state index is 11.4. The van der Waals surface area contributed by atoms with Gasteiger partial charge in [-0.3, -0.25) is 4.79 Å². The van der Waals surface area contributed by atoms with E-state index in [1.807, 2.05) is 13.8 Å². The minimum Gasteiger partial charge on any atom is -0.476 e. The summed E-state index contributed by atoms with van der Waals surface area (Å²) in [5.41, 5.74) is 6.01. The fraction of sp³-hybridized carbons (Fsp3) is 0.286. The highest BCUT2D eigenvalue weighted by atomic mass is 16.4. The van der Waals surface area contributed by atoms with Gasteiger partial charge < -0.3 is 15.7 Å². The Morgan fingerprint density at radius 1 is 1.29 bits per heavy atom. The standard InChI is InChI=1S/C14H16N4O3/c1-8(2)18(7-11(15)19)13-9-5-3-4-6-10(9)16-17-12(13)14(20)21/h3-6,8H,7H2,1-2H3,(H2,15,19)(H,20,21). The van der Waals surface area contributed by atoms with Gasteiger partial charge in [-0.05, 0) is 19.9 Å². The number of aromatic nitrogens is 2. The van der Waals surface area contributed by atoms with Crippen LogP contribution in [-0.4, -0.2) is 39.8 Å². The third-order valence-electron chi connectivity index (χ3n) is 3.08. The maximum Gasteiger partial charge on any atom is 0.358 e. The predicted molar refractivity (Wildman–Crippen MR) is 78.2 cm³/mol. The second-order valence-electron chi connectivity index (χ2n) is 4.91. The first kappa shape index (κ1) is 14.7. The highest BCUT2D eigenvalue weighted by Crippen LogP contribution is 2.29. The Morgan fingerprint density at radius 2 is 1.95 bits per heavy atom. The van der Waals surface area contributed by atoms with Gasteiger partial charge in [0.25, 0.3) is 0 Å². The van der Waals surface area contributed by atoms with Crippen LogP contribution in [0, 0.1) is 0 Å². The molecule has 0 saturated heterocycles. The smallest absolute Gasteiger partial charge is 0.358 e. The molecular formula is C14H16N4O3. The van der Waals surface area contributed by atoms with E-state index >= 15 is 0 Å². The van der Waals surface area contributed by atoms with E-state index in [0.717, 1.165) is 0 Å². The van der Waals surface area contributed by atoms with Crippen LogP contribution in [-0.2, 0) is 4.79 Å². The average molecular weight is 288 g/mol. The van der Waals surface area contributed by atoms with E-state index in [1.54, 1.807) is 29.2 Å². The zero-order valence-electron chi connectivity index (χ0n) is 11.8. The van der Waals surface area contributed by atoms with Crippen molar-refractivity contribution in [3.05, 3.63) is 30.0 Å². The Kier molecular flexibility index (Phi) is 4.02. The molecule has 0 aliphatic rings. The first-order valence-corrected chi connectivity index (χ1v) is 6.45. The molecule has 110 valence electrons. The second-order valence-corrected chi connectivity index (χ2v) is 4.91. The van der Waals surface area contributed by atoms with Crippen LogP contribution in [0.1, 0.15) is 24.3 Å². The van der Waals surface area contributed by atoms with Crippen LogP contribution in [0.5, 0.6) is 0 Å². The van der Waals surface area contributed by atoms with Gasteiger partial charge in [-0.25, -0.2) is 4.79 Å². The number of carbonyl (C=O) groups excluding carboxylic acids is 1. The molecule has 7 nitrogen and oxygen atoms in total. The van der Waals surface area contributed by atoms with Crippen molar-refractivity contribution in [2.24, 2.45) is 5.73 Å². The average Bonchev–Trinajstić information content (AvgIpc) is 2.43. The largest absolute Gasteiger partial charge is 0.476 e. The van der Waals surface area contributed by atoms with Gasteiger partial charge >= 0.3 is 5.97 Å². The van der Waals surface area contributed by atoms with Crippen molar-refractivity contribution in [1.82, 2.24) is 10.2 Å². The molecule has 7 heteroatoms. The zero-order valence-corrected chi connectivity index (χ0v) is 11.8. The lowest BCUT2D eigenvalue weighted by Crippen LogP contribution is -2.39. The van der Waals surface area contributed by atoms with Crippen LogP contribution in [0.2, 0.25) is 0 Å². The number of amides is 1. The lowest BCUT2D eigenvalue weighted by Gasteiger charge is -2.29. The summed E-state index contributed by atoms with van der Waals surface area (Å²) >= 11 is 0. The topological polar surface area (TPSA) is 109 Å². The molecule has 2 rings (SSSR count). The molecule has 0 saturated carbocycles. The number of carbonyl (C=O) groups is 2. The Hall–Kier alpha value is -2.70. The lowest BCUT2D eigenvalue weighted by molar-refractivity contribution is -0.116. The van der Waals surface area contributed by atoms with Crippen LogP contribution < -0.4 is 10.6 Å². The van der Waals surface area contributed by atoms with Gasteiger partial charge in [0.15, 0.2) is 5.69 Å². The van der Waals surface area contributed by atoms with Gasteiger partial charge in [-0.2, -0.15) is 0 Å². The number of carboxylic acids is 1. The number of hydrogen-bond donors (Lipinski definition) is 2. The van der Waals surface area contributed by atoms with Crippen molar-refractivity contribution >= 4 is 28.5 Å². The number of anilines is 1. The third kappa shape index (κ3) is 2.91. The highest BCUT2D eigenvalue weighted by Gasteiger charge is 2.24. The summed E-state index contributed by atoms with van der Waals surface area (Å²) in [6.45, 7) is 3.61. The predicted octanol–water partition coefficient (Wildman–Crippen LogP) is 1.03. The van der Waals surface area contributed by atoms with Crippen molar-refractivity contribution in [3.8, 4) is 0 Å². The molecule has 1 heterocycles. The summed E-state index contributed by atoms with van der Waals surface area (Å²) in [4.78, 5) is 24.4. The number of hydrogen-bond acceptors (Lipinski definition) is 5. The molecule has 3 N–H and O–H groups in total. The van der Waals surface area contributed by atoms with E-state index in [9.17, 15) is 14.7 Å². The molecule has 1 amide bonds. The van der Waals surface area contributed by atoms with Crippen molar-refractivity contribution in [2.75, 3.05) is 11.4 Å². The fourth-order valence-electron chi connectivity index (χ4n) is 2.16. The molecule has 0 aliphatic heterocycles. The van der Waals surface area contributed by atoms with Crippen LogP contribution in [0.4, 0.5) is 5.69 Å². The number of nitrogens with zero attached hydrogens (tertiary/aromatic N) is 3. The number of carboxylic acid groups (broad SMARTS) is 1. The molecule has 0 atom stereocenters. The number of benzene rings is 1. The lowest BCUT2D eigenvalue weighted by atomic mass is 10.1. The molecule has 21 heavy (non-hydrogen) atoms. The minimum atomic E-state index is -1.20. The molecule has 0 aliphatic carbocycles. The fourth-order valence-corrected chi connectivity index (χ4v) is 2.16. The van der Waals surface area contributed by atoms with Gasteiger partial charge in [0.05, 0.1) is 17.7 Å². The SMILES string of the molecule is CC(C)N(CC(N)=O)c1c(C(=O)O)nnc2ccccc12. The van der Waals surface area contributed by atoms with Crippen molar-refractivity contribution in [3.63, 3.8) is 0 Å². The minimum absolute atomic E-state index is 0.0896. The van der Waals surface area contributed by atoms with E-state index in [-0.39, 0.29) is 18.3 Å². The Labute approximate surface area is 121 Å². The van der Waals surface area contributed by atoms with Crippen LogP contribution in [0.15, 0.2) is 24.3 Å². The van der Waals surface area contributed by atoms with Crippen molar-refractivity contribution in [1.29, 1.82) is 0 Å². The maximum absolute atomic E-state index is 11.4. The molecular weight excluding hydrogens is 272 g/mol. The number of nitrogens with two attached hydrogens (primary N) is 1. The van der Waals surface area contributed by atoms with Gasteiger partial charge in [0.1, 0.15) is 0 Å². The summed E-state index contributed by atoms with van der Waals surface area (Å²) in [7, 11) is 0. The van der Waals surface area contributed by atoms with Gasteiger partial charge in [-0.15, -0.1) is 10.2 Å². The van der Waals surface area contributed by atoms with E-state index in [0.29, 0.717) is 16.6 Å². The van der Waals surface area contributed by atoms with E-state index in [4.69, 9.17) is 5.73 Å². The highest BCUT2D eigenvalue weighted by molar-refractivity contribution is 6.03. The summed E-state index contributed by atoms with van der Waals surface area (Å²) in [5, 5.41) is 17.7. The molecule has 0 bridgehead atoms. The summed E-state index contributed by atoms with van der Waals surface area (Å²) < 4.78 is 0. The summed E-state index contributed by atoms with van der Waals surface area (Å²) in [5.74, 6) is -1.74.